The molecule has 31 heavy (non-hydrogen) atoms. The molecule has 1 aliphatic heterocycles. The minimum atomic E-state index is -0.447. The molecule has 3 aromatic rings. The molecule has 0 unspecified atom stereocenters. The van der Waals surface area contributed by atoms with E-state index < -0.39 is 4.92 Å². The van der Waals surface area contributed by atoms with Gasteiger partial charge in [-0.05, 0) is 31.4 Å². The summed E-state index contributed by atoms with van der Waals surface area (Å²) in [5, 5.41) is 21.3. The Morgan fingerprint density at radius 1 is 1.35 bits per heavy atom. The summed E-state index contributed by atoms with van der Waals surface area (Å²) < 4.78 is 14.5. The topological polar surface area (TPSA) is 123 Å². The van der Waals surface area contributed by atoms with Gasteiger partial charge in [0.15, 0.2) is 10.8 Å². The normalized spacial score (nSPS) is 16.0. The Hall–Kier alpha value is -2.50. The molecule has 1 fully saturated rings. The summed E-state index contributed by atoms with van der Waals surface area (Å²) in [5.74, 6) is -0.0457. The maximum absolute atomic E-state index is 11.6. The zero-order valence-corrected chi connectivity index (χ0v) is 18.5. The van der Waals surface area contributed by atoms with Crippen LogP contribution in [0.3, 0.4) is 0 Å². The standard InChI is InChI=1S/C18H21Cl2N7O4/c1-10(8-25-16-13(15(19)23-25)7-21-18(20)22-16)9-31-17-14(27(28)29)11(2)26(24-17)12-3-5-30-6-4-12/h7,10,12H,3-6,8-9H2,1-2H3/t10-/m0/s1. The number of nitrogens with zero attached hydrogens (tertiary/aromatic N) is 7. The largest absolute Gasteiger partial charge is 0.471 e. The fourth-order valence-electron chi connectivity index (χ4n) is 3.67. The van der Waals surface area contributed by atoms with Gasteiger partial charge in [0.05, 0.1) is 23.0 Å². The van der Waals surface area contributed by atoms with E-state index in [-0.39, 0.29) is 40.6 Å². The van der Waals surface area contributed by atoms with Gasteiger partial charge in [-0.1, -0.05) is 18.5 Å². The third kappa shape index (κ3) is 4.43. The number of hydrogen-bond donors (Lipinski definition) is 0. The zero-order valence-electron chi connectivity index (χ0n) is 17.0. The van der Waals surface area contributed by atoms with E-state index in [2.05, 4.69) is 20.2 Å². The summed E-state index contributed by atoms with van der Waals surface area (Å²) in [4.78, 5) is 19.3. The predicted octanol–water partition coefficient (Wildman–Crippen LogP) is 3.61. The Labute approximate surface area is 187 Å². The fraction of sp³-hybridized carbons (Fsp3) is 0.556. The predicted molar refractivity (Wildman–Crippen MR) is 113 cm³/mol. The smallest absolute Gasteiger partial charge is 0.352 e. The van der Waals surface area contributed by atoms with Crippen molar-refractivity contribution in [3.05, 3.63) is 32.4 Å². The van der Waals surface area contributed by atoms with Gasteiger partial charge in [-0.15, -0.1) is 5.10 Å². The van der Waals surface area contributed by atoms with Crippen LogP contribution in [0.2, 0.25) is 10.4 Å². The van der Waals surface area contributed by atoms with Crippen LogP contribution in [0.25, 0.3) is 11.0 Å². The van der Waals surface area contributed by atoms with Crippen molar-refractivity contribution in [2.24, 2.45) is 5.92 Å². The lowest BCUT2D eigenvalue weighted by Gasteiger charge is -2.22. The van der Waals surface area contributed by atoms with Gasteiger partial charge in [0.2, 0.25) is 5.28 Å². The van der Waals surface area contributed by atoms with E-state index in [1.807, 2.05) is 6.92 Å². The monoisotopic (exact) mass is 469 g/mol. The Bertz CT molecular complexity index is 1110. The van der Waals surface area contributed by atoms with Gasteiger partial charge in [-0.2, -0.15) is 10.1 Å². The van der Waals surface area contributed by atoms with Crippen LogP contribution in [-0.4, -0.2) is 54.3 Å². The Kier molecular flexibility index (Phi) is 6.26. The molecule has 0 aliphatic carbocycles. The molecule has 13 heteroatoms. The van der Waals surface area contributed by atoms with Crippen molar-refractivity contribution in [1.82, 2.24) is 29.5 Å². The highest BCUT2D eigenvalue weighted by molar-refractivity contribution is 6.34. The quantitative estimate of drug-likeness (QED) is 0.292. The van der Waals surface area contributed by atoms with Crippen LogP contribution in [0.15, 0.2) is 6.20 Å². The highest BCUT2D eigenvalue weighted by atomic mass is 35.5. The van der Waals surface area contributed by atoms with Gasteiger partial charge in [0.25, 0.3) is 0 Å². The van der Waals surface area contributed by atoms with Crippen molar-refractivity contribution < 1.29 is 14.4 Å². The maximum Gasteiger partial charge on any atom is 0.352 e. The number of aromatic nitrogens is 6. The van der Waals surface area contributed by atoms with Gasteiger partial charge in [0.1, 0.15) is 5.69 Å². The number of nitro groups is 1. The molecule has 11 nitrogen and oxygen atoms in total. The highest BCUT2D eigenvalue weighted by Crippen LogP contribution is 2.34. The number of ether oxygens (including phenoxy) is 2. The summed E-state index contributed by atoms with van der Waals surface area (Å²) >= 11 is 12.0. The molecule has 0 bridgehead atoms. The van der Waals surface area contributed by atoms with E-state index in [0.717, 1.165) is 12.8 Å². The molecule has 4 rings (SSSR count). The first kappa shape index (κ1) is 21.7. The summed E-state index contributed by atoms with van der Waals surface area (Å²) in [6.07, 6.45) is 3.03. The van der Waals surface area contributed by atoms with E-state index in [1.54, 1.807) is 16.3 Å². The van der Waals surface area contributed by atoms with Gasteiger partial charge in [-0.25, -0.2) is 9.67 Å². The number of hydrogen-bond acceptors (Lipinski definition) is 8. The summed E-state index contributed by atoms with van der Waals surface area (Å²) in [7, 11) is 0. The van der Waals surface area contributed by atoms with Crippen molar-refractivity contribution >= 4 is 39.9 Å². The summed E-state index contributed by atoms with van der Waals surface area (Å²) in [6.45, 7) is 5.46. The summed E-state index contributed by atoms with van der Waals surface area (Å²) in [5.41, 5.74) is 0.893. The molecule has 1 atom stereocenters. The lowest BCUT2D eigenvalue weighted by atomic mass is 10.1. The van der Waals surface area contributed by atoms with Crippen LogP contribution < -0.4 is 4.74 Å². The first-order valence-corrected chi connectivity index (χ1v) is 10.6. The molecule has 0 radical (unpaired) electrons. The van der Waals surface area contributed by atoms with Crippen molar-refractivity contribution in [2.45, 2.75) is 39.3 Å². The Morgan fingerprint density at radius 2 is 2.10 bits per heavy atom. The average Bonchev–Trinajstić information content (AvgIpc) is 3.23. The highest BCUT2D eigenvalue weighted by Gasteiger charge is 2.30. The molecule has 0 N–H and O–H groups in total. The van der Waals surface area contributed by atoms with E-state index >= 15 is 0 Å². The first-order valence-electron chi connectivity index (χ1n) is 9.83. The van der Waals surface area contributed by atoms with Crippen LogP contribution in [-0.2, 0) is 11.3 Å². The molecule has 0 saturated carbocycles. The van der Waals surface area contributed by atoms with Crippen LogP contribution in [0.5, 0.6) is 5.88 Å². The number of fused-ring (bicyclic) bond motifs is 1. The van der Waals surface area contributed by atoms with Crippen molar-refractivity contribution in [3.8, 4) is 5.88 Å². The van der Waals surface area contributed by atoms with Crippen LogP contribution >= 0.6 is 23.2 Å². The van der Waals surface area contributed by atoms with Crippen LogP contribution in [0.4, 0.5) is 5.69 Å². The van der Waals surface area contributed by atoms with Gasteiger partial charge in [-0.3, -0.25) is 14.8 Å². The van der Waals surface area contributed by atoms with Crippen LogP contribution in [0, 0.1) is 23.0 Å². The van der Waals surface area contributed by atoms with Crippen molar-refractivity contribution in [3.63, 3.8) is 0 Å². The molecule has 4 heterocycles. The first-order chi connectivity index (χ1) is 14.8. The molecule has 166 valence electrons. The third-order valence-electron chi connectivity index (χ3n) is 5.21. The Balaban J connectivity index is 1.50. The van der Waals surface area contributed by atoms with Crippen molar-refractivity contribution in [1.29, 1.82) is 0 Å². The SMILES string of the molecule is Cc1c([N+](=O)[O-])c(OC[C@@H](C)Cn2nc(Cl)c3cnc(Cl)nc32)nn1C1CCOCC1. The fourth-order valence-corrected chi connectivity index (χ4v) is 4.03. The molecule has 1 saturated heterocycles. The average molecular weight is 470 g/mol. The van der Waals surface area contributed by atoms with Gasteiger partial charge in [0, 0.05) is 31.9 Å². The number of rotatable bonds is 7. The van der Waals surface area contributed by atoms with E-state index in [0.29, 0.717) is 36.5 Å². The molecule has 0 aromatic carbocycles. The van der Waals surface area contributed by atoms with E-state index in [1.165, 1.54) is 6.20 Å². The van der Waals surface area contributed by atoms with Crippen LogP contribution in [0.1, 0.15) is 31.5 Å². The second-order valence-corrected chi connectivity index (χ2v) is 8.25. The minimum absolute atomic E-state index is 0.0227. The second kappa shape index (κ2) is 8.93. The second-order valence-electron chi connectivity index (χ2n) is 7.55. The van der Waals surface area contributed by atoms with Gasteiger partial charge < -0.3 is 9.47 Å². The molecular weight excluding hydrogens is 449 g/mol. The van der Waals surface area contributed by atoms with Crippen molar-refractivity contribution in [2.75, 3.05) is 19.8 Å². The molecular formula is C18H21Cl2N7O4. The number of halogens is 2. The molecule has 3 aromatic heterocycles. The summed E-state index contributed by atoms with van der Waals surface area (Å²) in [6, 6.07) is 0.0595. The lowest BCUT2D eigenvalue weighted by molar-refractivity contribution is -0.386. The van der Waals surface area contributed by atoms with E-state index in [4.69, 9.17) is 32.7 Å². The lowest BCUT2D eigenvalue weighted by Crippen LogP contribution is -2.21. The Morgan fingerprint density at radius 3 is 2.81 bits per heavy atom. The zero-order chi connectivity index (χ0) is 22.1. The minimum Gasteiger partial charge on any atom is -0.471 e. The molecule has 0 amide bonds. The maximum atomic E-state index is 11.6. The third-order valence-corrected chi connectivity index (χ3v) is 5.67. The molecule has 0 spiro atoms. The van der Waals surface area contributed by atoms with E-state index in [9.17, 15) is 10.1 Å². The molecule has 1 aliphatic rings. The van der Waals surface area contributed by atoms with Gasteiger partial charge >= 0.3 is 11.6 Å².